The van der Waals surface area contributed by atoms with Crippen LogP contribution in [0.3, 0.4) is 0 Å². The molecule has 0 aromatic carbocycles. The molecule has 2 N–H and O–H groups in total. The second-order valence-corrected chi connectivity index (χ2v) is 5.81. The average Bonchev–Trinajstić information content (AvgIpc) is 2.90. The van der Waals surface area contributed by atoms with Crippen molar-refractivity contribution >= 4 is 0 Å². The van der Waals surface area contributed by atoms with E-state index in [9.17, 15) is 0 Å². The van der Waals surface area contributed by atoms with Gasteiger partial charge in [0.1, 0.15) is 6.10 Å². The predicted molar refractivity (Wildman–Crippen MR) is 72.5 cm³/mol. The number of rotatable bonds is 5. The first-order chi connectivity index (χ1) is 9.09. The molecule has 5 nitrogen and oxygen atoms in total. The highest BCUT2D eigenvalue weighted by Gasteiger charge is 2.37. The summed E-state index contributed by atoms with van der Waals surface area (Å²) in [4.78, 5) is 4.49. The summed E-state index contributed by atoms with van der Waals surface area (Å²) in [7, 11) is 1.68. The normalized spacial score (nSPS) is 29.4. The lowest BCUT2D eigenvalue weighted by molar-refractivity contribution is 0.0854. The van der Waals surface area contributed by atoms with E-state index in [1.165, 1.54) is 0 Å². The van der Waals surface area contributed by atoms with Gasteiger partial charge in [-0.25, -0.2) is 0 Å². The molecule has 19 heavy (non-hydrogen) atoms. The van der Waals surface area contributed by atoms with Crippen LogP contribution in [0.4, 0.5) is 0 Å². The summed E-state index contributed by atoms with van der Waals surface area (Å²) >= 11 is 0. The molecule has 0 amide bonds. The summed E-state index contributed by atoms with van der Waals surface area (Å²) < 4.78 is 10.8. The lowest BCUT2D eigenvalue weighted by Gasteiger charge is -2.32. The van der Waals surface area contributed by atoms with Gasteiger partial charge in [-0.15, -0.1) is 0 Å². The van der Waals surface area contributed by atoms with Crippen molar-refractivity contribution in [2.45, 2.75) is 64.0 Å². The number of nitrogens with zero attached hydrogens (tertiary/aromatic N) is 2. The average molecular weight is 267 g/mol. The first-order valence-corrected chi connectivity index (χ1v) is 7.25. The Labute approximate surface area is 114 Å². The third-order valence-electron chi connectivity index (χ3n) is 4.16. The largest absolute Gasteiger partial charge is 0.373 e. The van der Waals surface area contributed by atoms with Gasteiger partial charge in [0.2, 0.25) is 11.7 Å². The lowest BCUT2D eigenvalue weighted by atomic mass is 9.78. The highest BCUT2D eigenvalue weighted by molar-refractivity contribution is 5.05. The number of methoxy groups -OCH3 is 1. The van der Waals surface area contributed by atoms with E-state index in [4.69, 9.17) is 15.0 Å². The first kappa shape index (κ1) is 14.5. The number of ether oxygens (including phenoxy) is 1. The summed E-state index contributed by atoms with van der Waals surface area (Å²) in [6.07, 6.45) is 5.90. The van der Waals surface area contributed by atoms with Gasteiger partial charge in [0.05, 0.1) is 5.54 Å². The maximum absolute atomic E-state index is 6.43. The minimum Gasteiger partial charge on any atom is -0.373 e. The molecule has 1 saturated carbocycles. The zero-order valence-corrected chi connectivity index (χ0v) is 12.2. The Kier molecular flexibility index (Phi) is 4.58. The van der Waals surface area contributed by atoms with Crippen molar-refractivity contribution < 1.29 is 9.26 Å². The molecule has 0 bridgehead atoms. The number of hydrogen-bond donors (Lipinski definition) is 1. The standard InChI is InChI=1S/C14H25N3O2/c1-4-5-11(18-3)12-16-13(19-17-12)14(15)8-6-10(2)7-9-14/h10-11H,4-9,15H2,1-3H3. The van der Waals surface area contributed by atoms with E-state index in [2.05, 4.69) is 24.0 Å². The third kappa shape index (κ3) is 3.15. The fraction of sp³-hybridized carbons (Fsp3) is 0.857. The Morgan fingerprint density at radius 3 is 2.74 bits per heavy atom. The van der Waals surface area contributed by atoms with Gasteiger partial charge < -0.3 is 15.0 Å². The van der Waals surface area contributed by atoms with Crippen LogP contribution in [0.1, 0.15) is 70.2 Å². The smallest absolute Gasteiger partial charge is 0.246 e. The Morgan fingerprint density at radius 2 is 2.16 bits per heavy atom. The van der Waals surface area contributed by atoms with Crippen molar-refractivity contribution in [3.8, 4) is 0 Å². The Morgan fingerprint density at radius 1 is 1.47 bits per heavy atom. The molecule has 0 saturated heterocycles. The first-order valence-electron chi connectivity index (χ1n) is 7.25. The minimum atomic E-state index is -0.442. The minimum absolute atomic E-state index is 0.0892. The van der Waals surface area contributed by atoms with Gasteiger partial charge >= 0.3 is 0 Å². The highest BCUT2D eigenvalue weighted by atomic mass is 16.5. The van der Waals surface area contributed by atoms with Crippen LogP contribution >= 0.6 is 0 Å². The zero-order valence-electron chi connectivity index (χ0n) is 12.2. The third-order valence-corrected chi connectivity index (χ3v) is 4.16. The number of aromatic nitrogens is 2. The highest BCUT2D eigenvalue weighted by Crippen LogP contribution is 2.37. The molecule has 0 spiro atoms. The van der Waals surface area contributed by atoms with Crippen LogP contribution in [0.25, 0.3) is 0 Å². The van der Waals surface area contributed by atoms with Crippen molar-refractivity contribution in [2.24, 2.45) is 11.7 Å². The fourth-order valence-electron chi connectivity index (χ4n) is 2.67. The summed E-state index contributed by atoms with van der Waals surface area (Å²) in [5.74, 6) is 1.95. The molecule has 1 atom stereocenters. The SMILES string of the molecule is CCCC(OC)c1noc(C2(N)CCC(C)CC2)n1. The Bertz CT molecular complexity index is 397. The molecule has 1 unspecified atom stereocenters. The summed E-state index contributed by atoms with van der Waals surface area (Å²) in [6, 6.07) is 0. The van der Waals surface area contributed by atoms with Crippen molar-refractivity contribution in [3.05, 3.63) is 11.7 Å². The molecule has 1 aromatic rings. The van der Waals surface area contributed by atoms with Gasteiger partial charge in [0.15, 0.2) is 0 Å². The van der Waals surface area contributed by atoms with E-state index in [-0.39, 0.29) is 6.10 Å². The van der Waals surface area contributed by atoms with Crippen LogP contribution in [0.15, 0.2) is 4.52 Å². The number of nitrogens with two attached hydrogens (primary N) is 1. The molecule has 5 heteroatoms. The zero-order chi connectivity index (χ0) is 13.9. The summed E-state index contributed by atoms with van der Waals surface area (Å²) in [5, 5.41) is 4.05. The van der Waals surface area contributed by atoms with Gasteiger partial charge in [0.25, 0.3) is 0 Å². The van der Waals surface area contributed by atoms with Crippen LogP contribution in [0.5, 0.6) is 0 Å². The van der Waals surface area contributed by atoms with E-state index in [1.807, 2.05) is 0 Å². The van der Waals surface area contributed by atoms with Gasteiger partial charge in [0, 0.05) is 7.11 Å². The molecule has 1 aliphatic carbocycles. The maximum Gasteiger partial charge on any atom is 0.246 e. The van der Waals surface area contributed by atoms with Crippen molar-refractivity contribution in [1.29, 1.82) is 0 Å². The molecule has 1 heterocycles. The second-order valence-electron chi connectivity index (χ2n) is 5.81. The molecule has 0 aliphatic heterocycles. The van der Waals surface area contributed by atoms with Gasteiger partial charge in [-0.1, -0.05) is 25.4 Å². The van der Waals surface area contributed by atoms with Gasteiger partial charge in [-0.3, -0.25) is 0 Å². The van der Waals surface area contributed by atoms with Crippen molar-refractivity contribution in [2.75, 3.05) is 7.11 Å². The van der Waals surface area contributed by atoms with Crippen molar-refractivity contribution in [1.82, 2.24) is 10.1 Å². The Balaban J connectivity index is 2.11. The summed E-state index contributed by atoms with van der Waals surface area (Å²) in [6.45, 7) is 4.38. The summed E-state index contributed by atoms with van der Waals surface area (Å²) in [5.41, 5.74) is 5.99. The van der Waals surface area contributed by atoms with Gasteiger partial charge in [-0.05, 0) is 38.0 Å². The van der Waals surface area contributed by atoms with Crippen LogP contribution in [0.2, 0.25) is 0 Å². The van der Waals surface area contributed by atoms with E-state index < -0.39 is 5.54 Å². The topological polar surface area (TPSA) is 74.2 Å². The fourth-order valence-corrected chi connectivity index (χ4v) is 2.67. The van der Waals surface area contributed by atoms with E-state index >= 15 is 0 Å². The predicted octanol–water partition coefficient (Wildman–Crippen LogP) is 2.92. The van der Waals surface area contributed by atoms with E-state index in [0.29, 0.717) is 11.7 Å². The molecule has 108 valence electrons. The molecule has 1 aliphatic rings. The number of hydrogen-bond acceptors (Lipinski definition) is 5. The van der Waals surface area contributed by atoms with E-state index in [1.54, 1.807) is 7.11 Å². The molecular weight excluding hydrogens is 242 g/mol. The lowest BCUT2D eigenvalue weighted by Crippen LogP contribution is -2.40. The molecule has 1 aromatic heterocycles. The maximum atomic E-state index is 6.43. The molecule has 1 fully saturated rings. The second kappa shape index (κ2) is 6.01. The van der Waals surface area contributed by atoms with Crippen LogP contribution < -0.4 is 5.73 Å². The van der Waals surface area contributed by atoms with E-state index in [0.717, 1.165) is 44.4 Å². The van der Waals surface area contributed by atoms with Crippen LogP contribution in [-0.4, -0.2) is 17.3 Å². The van der Waals surface area contributed by atoms with Gasteiger partial charge in [-0.2, -0.15) is 4.98 Å². The van der Waals surface area contributed by atoms with Crippen LogP contribution in [0, 0.1) is 5.92 Å². The monoisotopic (exact) mass is 267 g/mol. The Hall–Kier alpha value is -0.940. The molecule has 0 radical (unpaired) electrons. The molecule has 2 rings (SSSR count). The molecular formula is C14H25N3O2. The van der Waals surface area contributed by atoms with Crippen molar-refractivity contribution in [3.63, 3.8) is 0 Å². The van der Waals surface area contributed by atoms with Crippen LogP contribution in [-0.2, 0) is 10.3 Å². The quantitative estimate of drug-likeness (QED) is 0.887.